The van der Waals surface area contributed by atoms with E-state index in [-0.39, 0.29) is 17.2 Å². The smallest absolute Gasteiger partial charge is 0.243 e. The Labute approximate surface area is 130 Å². The number of hydrogen-bond acceptors (Lipinski definition) is 6. The molecule has 0 saturated carbocycles. The van der Waals surface area contributed by atoms with Crippen LogP contribution in [-0.4, -0.2) is 10.9 Å². The van der Waals surface area contributed by atoms with Crippen LogP contribution >= 0.6 is 11.3 Å². The highest BCUT2D eigenvalue weighted by molar-refractivity contribution is 7.15. The average Bonchev–Trinajstić information content (AvgIpc) is 3.13. The molecule has 5 nitrogen and oxygen atoms in total. The first-order valence-electron chi connectivity index (χ1n) is 6.47. The Hall–Kier alpha value is -2.91. The molecule has 6 heteroatoms. The van der Waals surface area contributed by atoms with E-state index in [1.54, 1.807) is 13.0 Å². The van der Waals surface area contributed by atoms with Crippen LogP contribution in [0.25, 0.3) is 11.3 Å². The van der Waals surface area contributed by atoms with Gasteiger partial charge in [0.2, 0.25) is 11.5 Å². The summed E-state index contributed by atoms with van der Waals surface area (Å²) >= 11 is 1.19. The highest BCUT2D eigenvalue weighted by Gasteiger charge is 2.23. The topological polar surface area (TPSA) is 92.9 Å². The monoisotopic (exact) mass is 309 g/mol. The van der Waals surface area contributed by atoms with Crippen molar-refractivity contribution < 1.29 is 9.32 Å². The molecule has 0 bridgehead atoms. The molecule has 0 aliphatic heterocycles. The van der Waals surface area contributed by atoms with Crippen LogP contribution in [-0.2, 0) is 0 Å². The summed E-state index contributed by atoms with van der Waals surface area (Å²) < 4.78 is 5.14. The minimum Gasteiger partial charge on any atom is -0.396 e. The van der Waals surface area contributed by atoms with Crippen molar-refractivity contribution >= 4 is 22.8 Å². The minimum atomic E-state index is -0.359. The van der Waals surface area contributed by atoms with E-state index >= 15 is 0 Å². The summed E-state index contributed by atoms with van der Waals surface area (Å²) in [7, 11) is 0. The molecule has 22 heavy (non-hydrogen) atoms. The first-order valence-corrected chi connectivity index (χ1v) is 7.29. The van der Waals surface area contributed by atoms with Gasteiger partial charge in [0.25, 0.3) is 0 Å². The van der Waals surface area contributed by atoms with E-state index in [1.165, 1.54) is 11.3 Å². The molecule has 2 N–H and O–H groups in total. The van der Waals surface area contributed by atoms with E-state index in [9.17, 15) is 4.79 Å². The Morgan fingerprint density at radius 2 is 2.09 bits per heavy atom. The third kappa shape index (κ3) is 2.28. The largest absolute Gasteiger partial charge is 0.396 e. The third-order valence-corrected chi connectivity index (χ3v) is 4.36. The maximum Gasteiger partial charge on any atom is 0.243 e. The highest BCUT2D eigenvalue weighted by atomic mass is 32.1. The number of benzene rings is 1. The zero-order valence-electron chi connectivity index (χ0n) is 11.7. The summed E-state index contributed by atoms with van der Waals surface area (Å²) in [5, 5.41) is 13.0. The van der Waals surface area contributed by atoms with Gasteiger partial charge in [0, 0.05) is 16.5 Å². The SMILES string of the molecule is Cc1sc(C(=O)c2cc(-c3ccccc3)no2)c(N)c1C#N. The van der Waals surface area contributed by atoms with E-state index < -0.39 is 0 Å². The number of aryl methyl sites for hydroxylation is 1. The predicted molar refractivity (Wildman–Crippen MR) is 83.6 cm³/mol. The van der Waals surface area contributed by atoms with Crippen LogP contribution in [0.4, 0.5) is 5.69 Å². The van der Waals surface area contributed by atoms with E-state index in [0.29, 0.717) is 21.0 Å². The molecule has 0 unspecified atom stereocenters. The third-order valence-electron chi connectivity index (χ3n) is 3.24. The number of nitrogen functional groups attached to an aromatic ring is 1. The lowest BCUT2D eigenvalue weighted by Crippen LogP contribution is -2.01. The molecule has 0 atom stereocenters. The van der Waals surface area contributed by atoms with Crippen LogP contribution in [0.15, 0.2) is 40.9 Å². The molecule has 0 aliphatic carbocycles. The van der Waals surface area contributed by atoms with Gasteiger partial charge in [0.1, 0.15) is 16.6 Å². The summed E-state index contributed by atoms with van der Waals surface area (Å²) in [4.78, 5) is 13.5. The van der Waals surface area contributed by atoms with Gasteiger partial charge in [-0.2, -0.15) is 5.26 Å². The van der Waals surface area contributed by atoms with Gasteiger partial charge >= 0.3 is 0 Å². The van der Waals surface area contributed by atoms with Gasteiger partial charge in [0.15, 0.2) is 0 Å². The zero-order valence-corrected chi connectivity index (χ0v) is 12.5. The van der Waals surface area contributed by atoms with Crippen LogP contribution in [0.1, 0.15) is 25.9 Å². The number of nitriles is 1. The molecule has 0 saturated heterocycles. The van der Waals surface area contributed by atoms with Gasteiger partial charge in [-0.25, -0.2) is 0 Å². The molecular weight excluding hydrogens is 298 g/mol. The number of anilines is 1. The fourth-order valence-corrected chi connectivity index (χ4v) is 3.08. The fourth-order valence-electron chi connectivity index (χ4n) is 2.11. The molecular formula is C16H11N3O2S. The van der Waals surface area contributed by atoms with Crippen molar-refractivity contribution in [2.45, 2.75) is 6.92 Å². The fraction of sp³-hybridized carbons (Fsp3) is 0.0625. The van der Waals surface area contributed by atoms with Crippen LogP contribution < -0.4 is 5.73 Å². The van der Waals surface area contributed by atoms with Crippen molar-refractivity contribution in [2.24, 2.45) is 0 Å². The van der Waals surface area contributed by atoms with Gasteiger partial charge < -0.3 is 10.3 Å². The van der Waals surface area contributed by atoms with Crippen molar-refractivity contribution in [1.29, 1.82) is 5.26 Å². The summed E-state index contributed by atoms with van der Waals surface area (Å²) in [6, 6.07) is 13.0. The van der Waals surface area contributed by atoms with Crippen LogP contribution in [0.3, 0.4) is 0 Å². The second-order valence-corrected chi connectivity index (χ2v) is 5.88. The number of carbonyl (C=O) groups is 1. The maximum absolute atomic E-state index is 12.5. The first kappa shape index (κ1) is 14.0. The molecule has 3 aromatic rings. The second kappa shape index (κ2) is 5.47. The lowest BCUT2D eigenvalue weighted by atomic mass is 10.1. The van der Waals surface area contributed by atoms with E-state index in [0.717, 1.165) is 5.56 Å². The summed E-state index contributed by atoms with van der Waals surface area (Å²) in [5.41, 5.74) is 7.86. The molecule has 0 spiro atoms. The van der Waals surface area contributed by atoms with Gasteiger partial charge in [-0.15, -0.1) is 11.3 Å². The number of carbonyl (C=O) groups excluding carboxylic acids is 1. The van der Waals surface area contributed by atoms with Crippen molar-refractivity contribution in [3.63, 3.8) is 0 Å². The van der Waals surface area contributed by atoms with E-state index in [4.69, 9.17) is 15.5 Å². The molecule has 0 radical (unpaired) electrons. The highest BCUT2D eigenvalue weighted by Crippen LogP contribution is 2.32. The minimum absolute atomic E-state index is 0.108. The number of nitrogens with zero attached hydrogens (tertiary/aromatic N) is 2. The zero-order chi connectivity index (χ0) is 15.7. The Kier molecular flexibility index (Phi) is 3.49. The van der Waals surface area contributed by atoms with Gasteiger partial charge in [-0.1, -0.05) is 35.5 Å². The standard InChI is InChI=1S/C16H11N3O2S/c1-9-11(8-17)14(18)16(22-9)15(20)13-7-12(19-21-13)10-5-3-2-4-6-10/h2-7H,18H2,1H3. The lowest BCUT2D eigenvalue weighted by Gasteiger charge is -1.94. The normalized spacial score (nSPS) is 10.4. The van der Waals surface area contributed by atoms with E-state index in [1.807, 2.05) is 36.4 Å². The molecule has 1 aromatic carbocycles. The molecule has 0 amide bonds. The number of nitrogens with two attached hydrogens (primary N) is 1. The van der Waals surface area contributed by atoms with Gasteiger partial charge in [-0.3, -0.25) is 4.79 Å². The number of hydrogen-bond donors (Lipinski definition) is 1. The predicted octanol–water partition coefficient (Wildman–Crippen LogP) is 3.40. The quantitative estimate of drug-likeness (QED) is 0.748. The maximum atomic E-state index is 12.5. The van der Waals surface area contributed by atoms with Crippen molar-refractivity contribution in [1.82, 2.24) is 5.16 Å². The molecule has 0 fully saturated rings. The number of rotatable bonds is 3. The molecule has 108 valence electrons. The Morgan fingerprint density at radius 1 is 1.36 bits per heavy atom. The van der Waals surface area contributed by atoms with Crippen LogP contribution in [0.5, 0.6) is 0 Å². The van der Waals surface area contributed by atoms with Crippen molar-refractivity contribution in [3.8, 4) is 17.3 Å². The summed E-state index contributed by atoms with van der Waals surface area (Å²) in [5.74, 6) is -0.252. The first-order chi connectivity index (χ1) is 10.6. The average molecular weight is 309 g/mol. The Bertz CT molecular complexity index is 888. The van der Waals surface area contributed by atoms with Crippen molar-refractivity contribution in [3.05, 3.63) is 57.5 Å². The number of ketones is 1. The van der Waals surface area contributed by atoms with Crippen LogP contribution in [0, 0.1) is 18.3 Å². The van der Waals surface area contributed by atoms with Gasteiger partial charge in [0.05, 0.1) is 11.3 Å². The van der Waals surface area contributed by atoms with Crippen molar-refractivity contribution in [2.75, 3.05) is 5.73 Å². The summed E-state index contributed by atoms with van der Waals surface area (Å²) in [6.45, 7) is 1.76. The lowest BCUT2D eigenvalue weighted by molar-refractivity contribution is 0.100. The second-order valence-electron chi connectivity index (χ2n) is 4.66. The summed E-state index contributed by atoms with van der Waals surface area (Å²) in [6.07, 6.45) is 0. The molecule has 2 aromatic heterocycles. The molecule has 2 heterocycles. The number of thiophene rings is 1. The Balaban J connectivity index is 1.98. The van der Waals surface area contributed by atoms with Gasteiger partial charge in [-0.05, 0) is 6.92 Å². The van der Waals surface area contributed by atoms with E-state index in [2.05, 4.69) is 5.16 Å². The molecule has 3 rings (SSSR count). The molecule has 0 aliphatic rings. The Morgan fingerprint density at radius 3 is 2.73 bits per heavy atom. The number of aromatic nitrogens is 1. The van der Waals surface area contributed by atoms with Crippen LogP contribution in [0.2, 0.25) is 0 Å².